The van der Waals surface area contributed by atoms with E-state index in [0.29, 0.717) is 16.8 Å². The molecule has 2 aromatic rings. The first kappa shape index (κ1) is 14.5. The number of nitrogens with one attached hydrogen (secondary N) is 1. The van der Waals surface area contributed by atoms with E-state index in [0.717, 1.165) is 11.6 Å². The molecule has 2 rings (SSSR count). The number of aromatic nitrogens is 1. The standard InChI is InChI=1S/C15H14N2O4/c1-9-3-4-11(5-6-13(18)19)7-12(9)14(20)17-15-16-10(2)8-21-15/h3-8H,1-2H3,(H,18,19)(H,16,17,20)/b6-5+. The monoisotopic (exact) mass is 286 g/mol. The van der Waals surface area contributed by atoms with Gasteiger partial charge in [0.2, 0.25) is 0 Å². The summed E-state index contributed by atoms with van der Waals surface area (Å²) < 4.78 is 5.07. The van der Waals surface area contributed by atoms with Crippen LogP contribution in [0.15, 0.2) is 35.0 Å². The topological polar surface area (TPSA) is 92.4 Å². The maximum atomic E-state index is 12.2. The van der Waals surface area contributed by atoms with E-state index in [2.05, 4.69) is 10.3 Å². The van der Waals surface area contributed by atoms with Gasteiger partial charge in [-0.3, -0.25) is 10.1 Å². The van der Waals surface area contributed by atoms with Gasteiger partial charge in [0.15, 0.2) is 0 Å². The highest BCUT2D eigenvalue weighted by molar-refractivity contribution is 6.04. The Hall–Kier alpha value is -2.89. The van der Waals surface area contributed by atoms with Crippen molar-refractivity contribution >= 4 is 24.0 Å². The highest BCUT2D eigenvalue weighted by Gasteiger charge is 2.12. The van der Waals surface area contributed by atoms with Crippen molar-refractivity contribution in [1.82, 2.24) is 4.98 Å². The number of amides is 1. The van der Waals surface area contributed by atoms with E-state index in [1.54, 1.807) is 32.0 Å². The molecule has 6 heteroatoms. The lowest BCUT2D eigenvalue weighted by atomic mass is 10.0. The molecule has 0 fully saturated rings. The fourth-order valence-electron chi connectivity index (χ4n) is 1.73. The summed E-state index contributed by atoms with van der Waals surface area (Å²) >= 11 is 0. The first-order valence-corrected chi connectivity index (χ1v) is 6.21. The van der Waals surface area contributed by atoms with Crippen molar-refractivity contribution in [3.8, 4) is 0 Å². The van der Waals surface area contributed by atoms with Gasteiger partial charge >= 0.3 is 12.0 Å². The lowest BCUT2D eigenvalue weighted by Crippen LogP contribution is -2.13. The third-order valence-electron chi connectivity index (χ3n) is 2.76. The Labute approximate surface area is 121 Å². The Bertz CT molecular complexity index is 716. The van der Waals surface area contributed by atoms with Crippen molar-refractivity contribution in [2.45, 2.75) is 13.8 Å². The Morgan fingerprint density at radius 2 is 2.10 bits per heavy atom. The summed E-state index contributed by atoms with van der Waals surface area (Å²) in [6.45, 7) is 3.54. The quantitative estimate of drug-likeness (QED) is 0.843. The number of hydrogen-bond acceptors (Lipinski definition) is 4. The number of aryl methyl sites for hydroxylation is 2. The number of carbonyl (C=O) groups is 2. The number of aliphatic carboxylic acids is 1. The van der Waals surface area contributed by atoms with Gasteiger partial charge in [-0.2, -0.15) is 4.98 Å². The van der Waals surface area contributed by atoms with E-state index in [1.165, 1.54) is 12.3 Å². The number of oxazole rings is 1. The average Bonchev–Trinajstić information content (AvgIpc) is 2.83. The molecule has 0 aliphatic carbocycles. The lowest BCUT2D eigenvalue weighted by Gasteiger charge is -2.06. The third kappa shape index (κ3) is 3.79. The largest absolute Gasteiger partial charge is 0.478 e. The van der Waals surface area contributed by atoms with E-state index >= 15 is 0 Å². The minimum Gasteiger partial charge on any atom is -0.478 e. The number of nitrogens with zero attached hydrogens (tertiary/aromatic N) is 1. The van der Waals surface area contributed by atoms with Gasteiger partial charge in [-0.05, 0) is 37.1 Å². The zero-order valence-corrected chi connectivity index (χ0v) is 11.6. The second kappa shape index (κ2) is 6.04. The summed E-state index contributed by atoms with van der Waals surface area (Å²) in [5.41, 5.74) is 2.48. The number of rotatable bonds is 4. The molecule has 1 aromatic heterocycles. The van der Waals surface area contributed by atoms with E-state index in [4.69, 9.17) is 9.52 Å². The minimum absolute atomic E-state index is 0.128. The van der Waals surface area contributed by atoms with Crippen LogP contribution < -0.4 is 5.32 Å². The van der Waals surface area contributed by atoms with Gasteiger partial charge in [0.1, 0.15) is 6.26 Å². The van der Waals surface area contributed by atoms with Crippen LogP contribution in [-0.4, -0.2) is 22.0 Å². The van der Waals surface area contributed by atoms with Crippen molar-refractivity contribution in [2.75, 3.05) is 5.32 Å². The van der Waals surface area contributed by atoms with Gasteiger partial charge in [0.25, 0.3) is 5.91 Å². The number of hydrogen-bond donors (Lipinski definition) is 2. The molecule has 0 atom stereocenters. The van der Waals surface area contributed by atoms with E-state index < -0.39 is 5.97 Å². The molecule has 0 saturated heterocycles. The van der Waals surface area contributed by atoms with Gasteiger partial charge in [0, 0.05) is 11.6 Å². The smallest absolute Gasteiger partial charge is 0.328 e. The first-order valence-electron chi connectivity index (χ1n) is 6.21. The molecule has 1 aromatic carbocycles. The highest BCUT2D eigenvalue weighted by atomic mass is 16.4. The number of carbonyl (C=O) groups excluding carboxylic acids is 1. The molecule has 1 heterocycles. The van der Waals surface area contributed by atoms with Crippen molar-refractivity contribution < 1.29 is 19.1 Å². The van der Waals surface area contributed by atoms with Crippen molar-refractivity contribution in [3.05, 3.63) is 52.9 Å². The molecule has 0 saturated carbocycles. The van der Waals surface area contributed by atoms with E-state index in [-0.39, 0.29) is 11.9 Å². The SMILES string of the molecule is Cc1coc(NC(=O)c2cc(/C=C/C(=O)O)ccc2C)n1. The lowest BCUT2D eigenvalue weighted by molar-refractivity contribution is -0.131. The van der Waals surface area contributed by atoms with Crippen LogP contribution in [0.2, 0.25) is 0 Å². The summed E-state index contributed by atoms with van der Waals surface area (Å²) in [7, 11) is 0. The van der Waals surface area contributed by atoms with Crippen LogP contribution in [0.25, 0.3) is 6.08 Å². The fourth-order valence-corrected chi connectivity index (χ4v) is 1.73. The van der Waals surface area contributed by atoms with Gasteiger partial charge < -0.3 is 9.52 Å². The molecular weight excluding hydrogens is 272 g/mol. The summed E-state index contributed by atoms with van der Waals surface area (Å²) in [5, 5.41) is 11.2. The summed E-state index contributed by atoms with van der Waals surface area (Å²) in [4.78, 5) is 26.7. The molecular formula is C15H14N2O4. The summed E-state index contributed by atoms with van der Waals surface area (Å²) in [6, 6.07) is 5.22. The van der Waals surface area contributed by atoms with Crippen molar-refractivity contribution in [3.63, 3.8) is 0 Å². The highest BCUT2D eigenvalue weighted by Crippen LogP contribution is 2.15. The van der Waals surface area contributed by atoms with Crippen LogP contribution in [-0.2, 0) is 4.79 Å². The van der Waals surface area contributed by atoms with Crippen molar-refractivity contribution in [2.24, 2.45) is 0 Å². The van der Waals surface area contributed by atoms with Crippen LogP contribution in [0.4, 0.5) is 6.01 Å². The van der Waals surface area contributed by atoms with Crippen molar-refractivity contribution in [1.29, 1.82) is 0 Å². The van der Waals surface area contributed by atoms with Gasteiger partial charge in [0.05, 0.1) is 5.69 Å². The second-order valence-corrected chi connectivity index (χ2v) is 4.49. The molecule has 0 aliphatic heterocycles. The Morgan fingerprint density at radius 3 is 2.71 bits per heavy atom. The first-order chi connectivity index (χ1) is 9.95. The Kier molecular flexibility index (Phi) is 4.18. The fraction of sp³-hybridized carbons (Fsp3) is 0.133. The van der Waals surface area contributed by atoms with Gasteiger partial charge in [-0.15, -0.1) is 0 Å². The number of anilines is 1. The number of carboxylic acid groups (broad SMARTS) is 1. The maximum Gasteiger partial charge on any atom is 0.328 e. The molecule has 0 bridgehead atoms. The molecule has 0 radical (unpaired) electrons. The zero-order valence-electron chi connectivity index (χ0n) is 11.6. The predicted molar refractivity (Wildman–Crippen MR) is 77.0 cm³/mol. The van der Waals surface area contributed by atoms with Gasteiger partial charge in [-0.1, -0.05) is 12.1 Å². The van der Waals surface area contributed by atoms with Crippen LogP contribution in [0.3, 0.4) is 0 Å². The predicted octanol–water partition coefficient (Wildman–Crippen LogP) is 2.64. The van der Waals surface area contributed by atoms with Gasteiger partial charge in [-0.25, -0.2) is 4.79 Å². The molecule has 1 amide bonds. The van der Waals surface area contributed by atoms with E-state index in [9.17, 15) is 9.59 Å². The molecule has 0 aliphatic rings. The minimum atomic E-state index is -1.04. The Balaban J connectivity index is 2.23. The second-order valence-electron chi connectivity index (χ2n) is 4.49. The molecule has 2 N–H and O–H groups in total. The van der Waals surface area contributed by atoms with Crippen LogP contribution >= 0.6 is 0 Å². The molecule has 6 nitrogen and oxygen atoms in total. The molecule has 108 valence electrons. The summed E-state index contributed by atoms with van der Waals surface area (Å²) in [6.07, 6.45) is 3.88. The molecule has 0 spiro atoms. The maximum absolute atomic E-state index is 12.2. The summed E-state index contributed by atoms with van der Waals surface area (Å²) in [5.74, 6) is -1.41. The number of carboxylic acids is 1. The normalized spacial score (nSPS) is 10.8. The number of benzene rings is 1. The average molecular weight is 286 g/mol. The van der Waals surface area contributed by atoms with Crippen LogP contribution in [0.5, 0.6) is 0 Å². The Morgan fingerprint density at radius 1 is 1.33 bits per heavy atom. The zero-order chi connectivity index (χ0) is 15.4. The van der Waals surface area contributed by atoms with Crippen LogP contribution in [0, 0.1) is 13.8 Å². The molecule has 0 unspecified atom stereocenters. The van der Waals surface area contributed by atoms with Crippen LogP contribution in [0.1, 0.15) is 27.2 Å². The molecule has 21 heavy (non-hydrogen) atoms. The third-order valence-corrected chi connectivity index (χ3v) is 2.76. The van der Waals surface area contributed by atoms with E-state index in [1.807, 2.05) is 0 Å².